The number of carbonyl (C=O) groups is 2. The number of hydrogen-bond acceptors (Lipinski definition) is 5. The Morgan fingerprint density at radius 1 is 1.44 bits per heavy atom. The van der Waals surface area contributed by atoms with Crippen LogP contribution in [0.15, 0.2) is 22.7 Å². The Hall–Kier alpha value is -2.77. The monoisotopic (exact) mass is 347 g/mol. The first kappa shape index (κ1) is 17.1. The minimum atomic E-state index is -0.979. The molecule has 0 aliphatic carbocycles. The van der Waals surface area contributed by atoms with Crippen molar-refractivity contribution in [3.63, 3.8) is 0 Å². The lowest BCUT2D eigenvalue weighted by atomic mass is 10.1. The van der Waals surface area contributed by atoms with Crippen LogP contribution in [0.2, 0.25) is 0 Å². The van der Waals surface area contributed by atoms with E-state index < -0.39 is 12.0 Å². The SMILES string of the molecule is Cc1ccc(-c2noc(CCC(=O)N3CCC[C@@H]3C(=O)O)n2)cc1F. The number of hydrogen-bond donors (Lipinski definition) is 1. The molecule has 1 N–H and O–H groups in total. The van der Waals surface area contributed by atoms with Crippen LogP contribution in [-0.2, 0) is 16.0 Å². The molecule has 25 heavy (non-hydrogen) atoms. The van der Waals surface area contributed by atoms with Crippen molar-refractivity contribution < 1.29 is 23.6 Å². The molecule has 8 heteroatoms. The molecule has 1 atom stereocenters. The third-order valence-corrected chi connectivity index (χ3v) is 4.31. The summed E-state index contributed by atoms with van der Waals surface area (Å²) < 4.78 is 18.7. The van der Waals surface area contributed by atoms with Crippen molar-refractivity contribution in [3.05, 3.63) is 35.5 Å². The minimum Gasteiger partial charge on any atom is -0.480 e. The second-order valence-electron chi connectivity index (χ2n) is 6.06. The molecule has 0 unspecified atom stereocenters. The van der Waals surface area contributed by atoms with Gasteiger partial charge in [-0.25, -0.2) is 9.18 Å². The van der Waals surface area contributed by atoms with Crippen molar-refractivity contribution >= 4 is 11.9 Å². The summed E-state index contributed by atoms with van der Waals surface area (Å²) in [5.74, 6) is -1.06. The number of aryl methyl sites for hydroxylation is 2. The van der Waals surface area contributed by atoms with E-state index >= 15 is 0 Å². The average Bonchev–Trinajstić information content (AvgIpc) is 3.24. The lowest BCUT2D eigenvalue weighted by Gasteiger charge is -2.20. The first-order valence-electron chi connectivity index (χ1n) is 8.07. The van der Waals surface area contributed by atoms with Gasteiger partial charge in [0.1, 0.15) is 11.9 Å². The Morgan fingerprint density at radius 2 is 2.24 bits per heavy atom. The lowest BCUT2D eigenvalue weighted by Crippen LogP contribution is -2.40. The predicted octanol–water partition coefficient (Wildman–Crippen LogP) is 2.19. The Morgan fingerprint density at radius 3 is 2.96 bits per heavy atom. The highest BCUT2D eigenvalue weighted by atomic mass is 19.1. The number of carboxylic acids is 1. The van der Waals surface area contributed by atoms with E-state index in [0.717, 1.165) is 0 Å². The number of rotatable bonds is 5. The molecular formula is C17H18FN3O4. The molecule has 1 aliphatic rings. The molecule has 0 radical (unpaired) electrons. The van der Waals surface area contributed by atoms with Crippen LogP contribution in [0, 0.1) is 12.7 Å². The fourth-order valence-corrected chi connectivity index (χ4v) is 2.89. The molecule has 2 aromatic rings. The number of nitrogens with zero attached hydrogens (tertiary/aromatic N) is 3. The van der Waals surface area contributed by atoms with Gasteiger partial charge < -0.3 is 14.5 Å². The first-order valence-corrected chi connectivity index (χ1v) is 8.07. The van der Waals surface area contributed by atoms with Crippen LogP contribution in [0.4, 0.5) is 4.39 Å². The third-order valence-electron chi connectivity index (χ3n) is 4.31. The van der Waals surface area contributed by atoms with Crippen molar-refractivity contribution in [2.75, 3.05) is 6.54 Å². The zero-order valence-corrected chi connectivity index (χ0v) is 13.7. The number of amides is 1. The first-order chi connectivity index (χ1) is 12.0. The number of halogens is 1. The van der Waals surface area contributed by atoms with Crippen LogP contribution < -0.4 is 0 Å². The van der Waals surface area contributed by atoms with Gasteiger partial charge in [0, 0.05) is 24.9 Å². The molecule has 0 saturated carbocycles. The Balaban J connectivity index is 1.63. The summed E-state index contributed by atoms with van der Waals surface area (Å²) in [4.78, 5) is 28.9. The van der Waals surface area contributed by atoms with Gasteiger partial charge >= 0.3 is 5.97 Å². The summed E-state index contributed by atoms with van der Waals surface area (Å²) in [6.07, 6.45) is 1.47. The molecule has 132 valence electrons. The van der Waals surface area contributed by atoms with Crippen LogP contribution in [0.25, 0.3) is 11.4 Å². The van der Waals surface area contributed by atoms with Crippen molar-refractivity contribution in [2.24, 2.45) is 0 Å². The summed E-state index contributed by atoms with van der Waals surface area (Å²) in [6.45, 7) is 2.11. The van der Waals surface area contributed by atoms with Gasteiger partial charge in [-0.2, -0.15) is 4.98 Å². The Kier molecular flexibility index (Phi) is 4.78. The quantitative estimate of drug-likeness (QED) is 0.890. The van der Waals surface area contributed by atoms with Crippen LogP contribution in [0.1, 0.15) is 30.7 Å². The highest BCUT2D eigenvalue weighted by Crippen LogP contribution is 2.21. The topological polar surface area (TPSA) is 96.5 Å². The average molecular weight is 347 g/mol. The molecule has 0 bridgehead atoms. The molecule has 1 aromatic carbocycles. The van der Waals surface area contributed by atoms with E-state index in [2.05, 4.69) is 10.1 Å². The number of aliphatic carboxylic acids is 1. The van der Waals surface area contributed by atoms with Gasteiger partial charge in [0.25, 0.3) is 0 Å². The smallest absolute Gasteiger partial charge is 0.326 e. The van der Waals surface area contributed by atoms with Gasteiger partial charge in [-0.15, -0.1) is 0 Å². The van der Waals surface area contributed by atoms with Crippen LogP contribution in [-0.4, -0.2) is 44.6 Å². The van der Waals surface area contributed by atoms with Crippen LogP contribution in [0.5, 0.6) is 0 Å². The Labute approximate surface area is 143 Å². The van der Waals surface area contributed by atoms with Gasteiger partial charge in [0.15, 0.2) is 0 Å². The second-order valence-corrected chi connectivity index (χ2v) is 6.06. The van der Waals surface area contributed by atoms with Crippen LogP contribution >= 0.6 is 0 Å². The van der Waals surface area contributed by atoms with Crippen molar-refractivity contribution in [1.29, 1.82) is 0 Å². The largest absolute Gasteiger partial charge is 0.480 e. The zero-order valence-electron chi connectivity index (χ0n) is 13.7. The zero-order chi connectivity index (χ0) is 18.0. The van der Waals surface area contributed by atoms with Crippen molar-refractivity contribution in [3.8, 4) is 11.4 Å². The number of aromatic nitrogens is 2. The molecule has 1 amide bonds. The highest BCUT2D eigenvalue weighted by molar-refractivity contribution is 5.84. The normalized spacial score (nSPS) is 17.0. The van der Waals surface area contributed by atoms with E-state index in [1.54, 1.807) is 19.1 Å². The van der Waals surface area contributed by atoms with E-state index in [9.17, 15) is 14.0 Å². The number of carboxylic acid groups (broad SMARTS) is 1. The maximum Gasteiger partial charge on any atom is 0.326 e. The molecule has 3 rings (SSSR count). The molecule has 0 spiro atoms. The van der Waals surface area contributed by atoms with E-state index in [1.165, 1.54) is 11.0 Å². The maximum absolute atomic E-state index is 13.6. The maximum atomic E-state index is 13.6. The van der Waals surface area contributed by atoms with Crippen molar-refractivity contribution in [2.45, 2.75) is 38.6 Å². The fraction of sp³-hybridized carbons (Fsp3) is 0.412. The fourth-order valence-electron chi connectivity index (χ4n) is 2.89. The number of likely N-dealkylation sites (tertiary alicyclic amines) is 1. The third kappa shape index (κ3) is 3.67. The summed E-state index contributed by atoms with van der Waals surface area (Å²) in [7, 11) is 0. The minimum absolute atomic E-state index is 0.0909. The molecule has 1 aliphatic heterocycles. The lowest BCUT2D eigenvalue weighted by molar-refractivity contribution is -0.148. The van der Waals surface area contributed by atoms with Crippen molar-refractivity contribution in [1.82, 2.24) is 15.0 Å². The molecule has 1 aromatic heterocycles. The molecular weight excluding hydrogens is 329 g/mol. The van der Waals surface area contributed by atoms with E-state index in [4.69, 9.17) is 9.63 Å². The predicted molar refractivity (Wildman–Crippen MR) is 85.1 cm³/mol. The molecule has 7 nitrogen and oxygen atoms in total. The van der Waals surface area contributed by atoms with Crippen LogP contribution in [0.3, 0.4) is 0 Å². The molecule has 1 saturated heterocycles. The summed E-state index contributed by atoms with van der Waals surface area (Å²) in [5, 5.41) is 12.9. The summed E-state index contributed by atoms with van der Waals surface area (Å²) in [6, 6.07) is 3.90. The molecule has 1 fully saturated rings. The summed E-state index contributed by atoms with van der Waals surface area (Å²) >= 11 is 0. The second kappa shape index (κ2) is 7.00. The summed E-state index contributed by atoms with van der Waals surface area (Å²) in [5.41, 5.74) is 1.02. The van der Waals surface area contributed by atoms with E-state index in [-0.39, 0.29) is 36.3 Å². The van der Waals surface area contributed by atoms with E-state index in [1.807, 2.05) is 0 Å². The highest BCUT2D eigenvalue weighted by Gasteiger charge is 2.33. The van der Waals surface area contributed by atoms with Gasteiger partial charge in [0.05, 0.1) is 0 Å². The van der Waals surface area contributed by atoms with Gasteiger partial charge in [0.2, 0.25) is 17.6 Å². The molecule has 2 heterocycles. The Bertz CT molecular complexity index is 805. The standard InChI is InChI=1S/C17H18FN3O4/c1-10-4-5-11(9-12(10)18)16-19-14(25-20-16)6-7-15(22)21-8-2-3-13(21)17(23)24/h4-5,9,13H,2-3,6-8H2,1H3,(H,23,24)/t13-/m1/s1. The van der Waals surface area contributed by atoms with Gasteiger partial charge in [-0.05, 0) is 31.4 Å². The van der Waals surface area contributed by atoms with Gasteiger partial charge in [-0.3, -0.25) is 4.79 Å². The van der Waals surface area contributed by atoms with E-state index in [0.29, 0.717) is 30.5 Å². The number of carbonyl (C=O) groups excluding carboxylic acids is 1. The van der Waals surface area contributed by atoms with Gasteiger partial charge in [-0.1, -0.05) is 17.3 Å². The number of benzene rings is 1.